The van der Waals surface area contributed by atoms with Gasteiger partial charge in [-0.2, -0.15) is 0 Å². The maximum atomic E-state index is 13.1. The highest BCUT2D eigenvalue weighted by molar-refractivity contribution is 5.94. The van der Waals surface area contributed by atoms with Crippen molar-refractivity contribution in [3.8, 4) is 5.75 Å². The smallest absolute Gasteiger partial charge is 0.293 e. The van der Waals surface area contributed by atoms with Gasteiger partial charge in [0, 0.05) is 39.8 Å². The molecule has 2 heterocycles. The third kappa shape index (κ3) is 3.33. The first-order chi connectivity index (χ1) is 12.7. The number of carbonyl (C=O) groups is 1. The quantitative estimate of drug-likeness (QED) is 0.835. The van der Waals surface area contributed by atoms with E-state index in [9.17, 15) is 24.2 Å². The van der Waals surface area contributed by atoms with Crippen molar-refractivity contribution in [2.75, 3.05) is 20.6 Å². The molecule has 3 rings (SSSR count). The number of aromatic nitrogens is 1. The summed E-state index contributed by atoms with van der Waals surface area (Å²) >= 11 is 0. The molecular formula is C19H22FN3O4. The Morgan fingerprint density at radius 3 is 2.52 bits per heavy atom. The average Bonchev–Trinajstić information content (AvgIpc) is 2.63. The fraction of sp³-hybridized carbons (Fsp3) is 0.368. The van der Waals surface area contributed by atoms with Crippen molar-refractivity contribution in [2.24, 2.45) is 7.05 Å². The van der Waals surface area contributed by atoms with Gasteiger partial charge in [0.25, 0.3) is 11.5 Å². The van der Waals surface area contributed by atoms with Crippen molar-refractivity contribution in [1.29, 1.82) is 0 Å². The number of benzene rings is 1. The summed E-state index contributed by atoms with van der Waals surface area (Å²) in [6, 6.07) is 5.90. The Hall–Kier alpha value is -2.71. The second-order valence-electron chi connectivity index (χ2n) is 6.87. The summed E-state index contributed by atoms with van der Waals surface area (Å²) in [7, 11) is 4.58. The molecule has 0 spiro atoms. The average molecular weight is 375 g/mol. The number of hydrogen-bond acceptors (Lipinski definition) is 5. The third-order valence-electron chi connectivity index (χ3n) is 4.87. The standard InChI is InChI=1S/C19H22FN3O4/c1-21(2)18(26)15-13-8-9-23(10-11-4-6-12(20)7-5-11)17(25)14(13)16(24)19(27)22(15)3/h4-7,17,24-25H,8-10H2,1-3H3. The van der Waals surface area contributed by atoms with Gasteiger partial charge in [-0.1, -0.05) is 12.1 Å². The zero-order valence-electron chi connectivity index (χ0n) is 15.4. The van der Waals surface area contributed by atoms with E-state index >= 15 is 0 Å². The number of rotatable bonds is 3. The van der Waals surface area contributed by atoms with Crippen molar-refractivity contribution < 1.29 is 19.4 Å². The van der Waals surface area contributed by atoms with Crippen molar-refractivity contribution in [2.45, 2.75) is 19.2 Å². The number of amides is 1. The molecule has 1 aliphatic heterocycles. The third-order valence-corrected chi connectivity index (χ3v) is 4.87. The van der Waals surface area contributed by atoms with Crippen molar-refractivity contribution in [3.05, 3.63) is 62.8 Å². The van der Waals surface area contributed by atoms with Crippen LogP contribution >= 0.6 is 0 Å². The van der Waals surface area contributed by atoms with Crippen molar-refractivity contribution in [1.82, 2.24) is 14.4 Å². The molecule has 7 nitrogen and oxygen atoms in total. The van der Waals surface area contributed by atoms with Gasteiger partial charge in [-0.05, 0) is 29.7 Å². The lowest BCUT2D eigenvalue weighted by molar-refractivity contribution is -0.0145. The van der Waals surface area contributed by atoms with Gasteiger partial charge < -0.3 is 19.7 Å². The lowest BCUT2D eigenvalue weighted by Crippen LogP contribution is -2.40. The topological polar surface area (TPSA) is 86.0 Å². The zero-order valence-corrected chi connectivity index (χ0v) is 15.4. The zero-order chi connectivity index (χ0) is 19.9. The van der Waals surface area contributed by atoms with Gasteiger partial charge in [0.1, 0.15) is 17.7 Å². The molecule has 1 amide bonds. The van der Waals surface area contributed by atoms with Crippen molar-refractivity contribution in [3.63, 3.8) is 0 Å². The molecule has 1 aromatic carbocycles. The van der Waals surface area contributed by atoms with Crippen LogP contribution in [0.25, 0.3) is 0 Å². The Labute approximate surface area is 155 Å². The molecule has 8 heteroatoms. The molecule has 0 bridgehead atoms. The van der Waals surface area contributed by atoms with Crippen LogP contribution in [0, 0.1) is 5.82 Å². The highest BCUT2D eigenvalue weighted by atomic mass is 19.1. The van der Waals surface area contributed by atoms with E-state index < -0.39 is 17.5 Å². The number of nitrogens with zero attached hydrogens (tertiary/aromatic N) is 3. The molecule has 1 atom stereocenters. The van der Waals surface area contributed by atoms with E-state index in [1.165, 1.54) is 24.1 Å². The van der Waals surface area contributed by atoms with Gasteiger partial charge in [-0.25, -0.2) is 4.39 Å². The van der Waals surface area contributed by atoms with Crippen LogP contribution in [0.5, 0.6) is 5.75 Å². The lowest BCUT2D eigenvalue weighted by atomic mass is 9.94. The monoisotopic (exact) mass is 375 g/mol. The summed E-state index contributed by atoms with van der Waals surface area (Å²) in [5.41, 5.74) is 0.750. The van der Waals surface area contributed by atoms with Gasteiger partial charge in [0.2, 0.25) is 0 Å². The number of carbonyl (C=O) groups excluding carboxylic acids is 1. The van der Waals surface area contributed by atoms with Crippen LogP contribution < -0.4 is 5.56 Å². The molecule has 1 aliphatic rings. The Bertz CT molecular complexity index is 937. The van der Waals surface area contributed by atoms with E-state index in [0.29, 0.717) is 25.1 Å². The molecule has 0 saturated heterocycles. The molecule has 0 saturated carbocycles. The summed E-state index contributed by atoms with van der Waals surface area (Å²) < 4.78 is 14.2. The summed E-state index contributed by atoms with van der Waals surface area (Å²) in [6.45, 7) is 0.726. The fourth-order valence-electron chi connectivity index (χ4n) is 3.41. The van der Waals surface area contributed by atoms with E-state index in [-0.39, 0.29) is 23.0 Å². The molecule has 144 valence electrons. The number of halogens is 1. The van der Waals surface area contributed by atoms with E-state index in [1.54, 1.807) is 31.1 Å². The summed E-state index contributed by atoms with van der Waals surface area (Å²) in [6.07, 6.45) is -0.870. The lowest BCUT2D eigenvalue weighted by Gasteiger charge is -2.35. The first-order valence-corrected chi connectivity index (χ1v) is 8.55. The predicted octanol–water partition coefficient (Wildman–Crippen LogP) is 0.981. The second kappa shape index (κ2) is 7.13. The van der Waals surface area contributed by atoms with Gasteiger partial charge >= 0.3 is 0 Å². The molecule has 2 N–H and O–H groups in total. The minimum Gasteiger partial charge on any atom is -0.503 e. The van der Waals surface area contributed by atoms with E-state index in [4.69, 9.17) is 0 Å². The number of aliphatic hydroxyl groups excluding tert-OH is 1. The summed E-state index contributed by atoms with van der Waals surface area (Å²) in [5.74, 6) is -1.28. The highest BCUT2D eigenvalue weighted by Crippen LogP contribution is 2.35. The molecule has 1 unspecified atom stereocenters. The minimum atomic E-state index is -1.25. The molecule has 2 aromatic rings. The molecule has 0 fully saturated rings. The van der Waals surface area contributed by atoms with Gasteiger partial charge in [-0.3, -0.25) is 14.5 Å². The van der Waals surface area contributed by atoms with Crippen LogP contribution in [0.15, 0.2) is 29.1 Å². The maximum absolute atomic E-state index is 13.1. The second-order valence-corrected chi connectivity index (χ2v) is 6.87. The van der Waals surface area contributed by atoms with Gasteiger partial charge in [-0.15, -0.1) is 0 Å². The molecule has 1 aromatic heterocycles. The number of fused-ring (bicyclic) bond motifs is 1. The van der Waals surface area contributed by atoms with Gasteiger partial charge in [0.05, 0.1) is 0 Å². The SMILES string of the molecule is CN(C)C(=O)c1c2c(c(O)c(=O)n1C)C(O)N(Cc1ccc(F)cc1)CC2. The van der Waals surface area contributed by atoms with Gasteiger partial charge in [0.15, 0.2) is 5.75 Å². The predicted molar refractivity (Wildman–Crippen MR) is 96.8 cm³/mol. The first-order valence-electron chi connectivity index (χ1n) is 8.55. The van der Waals surface area contributed by atoms with Crippen LogP contribution in [0.4, 0.5) is 4.39 Å². The van der Waals surface area contributed by atoms with E-state index in [2.05, 4.69) is 0 Å². The van der Waals surface area contributed by atoms with Crippen LogP contribution in [-0.4, -0.2) is 51.1 Å². The summed E-state index contributed by atoms with van der Waals surface area (Å²) in [4.78, 5) is 28.0. The van der Waals surface area contributed by atoms with Crippen LogP contribution in [0.1, 0.15) is 33.4 Å². The van der Waals surface area contributed by atoms with Crippen LogP contribution in [0.2, 0.25) is 0 Å². The minimum absolute atomic E-state index is 0.0664. The van der Waals surface area contributed by atoms with E-state index in [1.807, 2.05) is 0 Å². The largest absolute Gasteiger partial charge is 0.503 e. The normalized spacial score (nSPS) is 16.9. The number of aliphatic hydroxyl groups is 1. The highest BCUT2D eigenvalue weighted by Gasteiger charge is 2.34. The molecular weight excluding hydrogens is 353 g/mol. The molecule has 0 aliphatic carbocycles. The maximum Gasteiger partial charge on any atom is 0.293 e. The molecule has 27 heavy (non-hydrogen) atoms. The Kier molecular flexibility index (Phi) is 5.03. The van der Waals surface area contributed by atoms with Crippen LogP contribution in [0.3, 0.4) is 0 Å². The van der Waals surface area contributed by atoms with E-state index in [0.717, 1.165) is 10.1 Å². The Morgan fingerprint density at radius 1 is 1.30 bits per heavy atom. The van der Waals surface area contributed by atoms with Crippen LogP contribution in [-0.2, 0) is 20.0 Å². The Morgan fingerprint density at radius 2 is 1.93 bits per heavy atom. The first kappa shape index (κ1) is 19.1. The fourth-order valence-corrected chi connectivity index (χ4v) is 3.41. The molecule has 0 radical (unpaired) electrons. The van der Waals surface area contributed by atoms with Crippen molar-refractivity contribution >= 4 is 5.91 Å². The number of hydrogen-bond donors (Lipinski definition) is 2. The number of aromatic hydroxyl groups is 1. The Balaban J connectivity index is 2.04. The number of pyridine rings is 1. The summed E-state index contributed by atoms with van der Waals surface area (Å²) in [5, 5.41) is 21.2.